The molecule has 0 aromatic rings. The highest BCUT2D eigenvalue weighted by molar-refractivity contribution is 5.71. The number of allylic oxidation sites excluding steroid dienone is 6. The highest BCUT2D eigenvalue weighted by Crippen LogP contribution is 2.17. The number of ether oxygens (including phenoxy) is 3. The third-order valence-electron chi connectivity index (χ3n) is 14.1. The molecule has 0 saturated heterocycles. The Morgan fingerprint density at radius 2 is 0.507 bits per heavy atom. The molecule has 0 radical (unpaired) electrons. The van der Waals surface area contributed by atoms with Crippen molar-refractivity contribution < 1.29 is 28.6 Å². The molecule has 0 rings (SSSR count). The van der Waals surface area contributed by atoms with Crippen LogP contribution in [0.25, 0.3) is 0 Å². The Bertz CT molecular complexity index is 1190. The Balaban J connectivity index is 4.28. The van der Waals surface area contributed by atoms with Crippen molar-refractivity contribution in [3.63, 3.8) is 0 Å². The van der Waals surface area contributed by atoms with E-state index in [1.54, 1.807) is 0 Å². The molecule has 0 fully saturated rings. The first-order valence-corrected chi connectivity index (χ1v) is 31.5. The van der Waals surface area contributed by atoms with Gasteiger partial charge in [0.25, 0.3) is 0 Å². The Labute approximate surface area is 442 Å². The molecule has 0 aliphatic carbocycles. The Hall–Kier alpha value is -2.37. The zero-order chi connectivity index (χ0) is 51.4. The maximum Gasteiger partial charge on any atom is 0.306 e. The van der Waals surface area contributed by atoms with Gasteiger partial charge >= 0.3 is 17.9 Å². The highest BCUT2D eigenvalue weighted by Gasteiger charge is 2.19. The van der Waals surface area contributed by atoms with Crippen molar-refractivity contribution in [3.05, 3.63) is 36.5 Å². The van der Waals surface area contributed by atoms with Gasteiger partial charge in [-0.1, -0.05) is 282 Å². The third-order valence-corrected chi connectivity index (χ3v) is 14.1. The van der Waals surface area contributed by atoms with Crippen LogP contribution in [0.4, 0.5) is 0 Å². The molecular weight excluding hydrogens is 877 g/mol. The summed E-state index contributed by atoms with van der Waals surface area (Å²) in [5, 5.41) is 0. The molecule has 416 valence electrons. The summed E-state index contributed by atoms with van der Waals surface area (Å²) >= 11 is 0. The third kappa shape index (κ3) is 58.4. The normalized spacial score (nSPS) is 12.2. The van der Waals surface area contributed by atoms with Crippen molar-refractivity contribution >= 4 is 17.9 Å². The van der Waals surface area contributed by atoms with Crippen LogP contribution in [0.5, 0.6) is 0 Å². The minimum atomic E-state index is -0.781. The number of carbonyl (C=O) groups excluding carboxylic acids is 3. The summed E-state index contributed by atoms with van der Waals surface area (Å²) in [4.78, 5) is 38.2. The first-order valence-electron chi connectivity index (χ1n) is 31.5. The lowest BCUT2D eigenvalue weighted by Gasteiger charge is -2.18. The Morgan fingerprint density at radius 1 is 0.282 bits per heavy atom. The molecule has 1 atom stereocenters. The number of carbonyl (C=O) groups is 3. The molecule has 0 heterocycles. The predicted molar refractivity (Wildman–Crippen MR) is 307 cm³/mol. The number of rotatable bonds is 58. The molecule has 71 heavy (non-hydrogen) atoms. The van der Waals surface area contributed by atoms with E-state index in [0.717, 1.165) is 89.9 Å². The Kier molecular flexibility index (Phi) is 58.2. The number of hydrogen-bond acceptors (Lipinski definition) is 6. The zero-order valence-electron chi connectivity index (χ0n) is 47.8. The molecule has 0 bridgehead atoms. The maximum absolute atomic E-state index is 12.9. The van der Waals surface area contributed by atoms with Gasteiger partial charge in [0.15, 0.2) is 6.10 Å². The van der Waals surface area contributed by atoms with E-state index in [-0.39, 0.29) is 31.1 Å². The quantitative estimate of drug-likeness (QED) is 0.0261. The van der Waals surface area contributed by atoms with E-state index in [1.165, 1.54) is 212 Å². The largest absolute Gasteiger partial charge is 0.462 e. The van der Waals surface area contributed by atoms with E-state index in [2.05, 4.69) is 57.2 Å². The van der Waals surface area contributed by atoms with Gasteiger partial charge in [0.1, 0.15) is 13.2 Å². The fourth-order valence-corrected chi connectivity index (χ4v) is 9.35. The van der Waals surface area contributed by atoms with Crippen LogP contribution in [0.3, 0.4) is 0 Å². The van der Waals surface area contributed by atoms with Gasteiger partial charge in [-0.3, -0.25) is 14.4 Å². The van der Waals surface area contributed by atoms with Crippen LogP contribution in [0.15, 0.2) is 36.5 Å². The van der Waals surface area contributed by atoms with Crippen molar-refractivity contribution in [2.24, 2.45) is 0 Å². The van der Waals surface area contributed by atoms with Gasteiger partial charge in [0, 0.05) is 19.3 Å². The number of unbranched alkanes of at least 4 members (excludes halogenated alkanes) is 41. The average molecular weight is 998 g/mol. The van der Waals surface area contributed by atoms with E-state index < -0.39 is 6.10 Å². The number of esters is 3. The summed E-state index contributed by atoms with van der Waals surface area (Å²) in [5.74, 6) is -0.878. The maximum atomic E-state index is 12.9. The fraction of sp³-hybridized carbons (Fsp3) is 0.862. The van der Waals surface area contributed by atoms with Crippen molar-refractivity contribution in [1.29, 1.82) is 0 Å². The fourth-order valence-electron chi connectivity index (χ4n) is 9.35. The van der Waals surface area contributed by atoms with E-state index in [9.17, 15) is 14.4 Å². The summed E-state index contributed by atoms with van der Waals surface area (Å²) in [5.41, 5.74) is 0. The smallest absolute Gasteiger partial charge is 0.306 e. The van der Waals surface area contributed by atoms with Gasteiger partial charge in [-0.15, -0.1) is 0 Å². The highest BCUT2D eigenvalue weighted by atomic mass is 16.6. The van der Waals surface area contributed by atoms with Crippen LogP contribution in [0.1, 0.15) is 342 Å². The van der Waals surface area contributed by atoms with Crippen molar-refractivity contribution in [1.82, 2.24) is 0 Å². The van der Waals surface area contributed by atoms with Crippen LogP contribution < -0.4 is 0 Å². The molecule has 6 nitrogen and oxygen atoms in total. The monoisotopic (exact) mass is 997 g/mol. The van der Waals surface area contributed by atoms with Crippen molar-refractivity contribution in [2.45, 2.75) is 348 Å². The molecule has 0 N–H and O–H groups in total. The lowest BCUT2D eigenvalue weighted by molar-refractivity contribution is -0.167. The van der Waals surface area contributed by atoms with Crippen molar-refractivity contribution in [2.75, 3.05) is 13.2 Å². The van der Waals surface area contributed by atoms with E-state index in [1.807, 2.05) is 0 Å². The van der Waals surface area contributed by atoms with Gasteiger partial charge in [-0.2, -0.15) is 0 Å². The Morgan fingerprint density at radius 3 is 0.817 bits per heavy atom. The molecule has 1 unspecified atom stereocenters. The van der Waals surface area contributed by atoms with Gasteiger partial charge in [-0.05, 0) is 77.0 Å². The van der Waals surface area contributed by atoms with Gasteiger partial charge in [0.05, 0.1) is 0 Å². The topological polar surface area (TPSA) is 78.9 Å². The molecule has 0 amide bonds. The first-order chi connectivity index (χ1) is 35.0. The minimum Gasteiger partial charge on any atom is -0.462 e. The summed E-state index contributed by atoms with van der Waals surface area (Å²) in [6.45, 7) is 6.64. The van der Waals surface area contributed by atoms with Crippen molar-refractivity contribution in [3.8, 4) is 0 Å². The molecule has 0 spiro atoms. The molecule has 0 aliphatic heterocycles. The second-order valence-corrected chi connectivity index (χ2v) is 21.3. The number of hydrogen-bond donors (Lipinski definition) is 0. The summed E-state index contributed by atoms with van der Waals surface area (Å²) in [7, 11) is 0. The second-order valence-electron chi connectivity index (χ2n) is 21.3. The second kappa shape index (κ2) is 60.2. The van der Waals surface area contributed by atoms with Gasteiger partial charge in [-0.25, -0.2) is 0 Å². The minimum absolute atomic E-state index is 0.0766. The van der Waals surface area contributed by atoms with Crippen LogP contribution in [-0.4, -0.2) is 37.2 Å². The summed E-state index contributed by atoms with van der Waals surface area (Å²) in [6, 6.07) is 0. The molecular formula is C65H120O6. The lowest BCUT2D eigenvalue weighted by Crippen LogP contribution is -2.30. The van der Waals surface area contributed by atoms with Crippen LogP contribution >= 0.6 is 0 Å². The van der Waals surface area contributed by atoms with E-state index >= 15 is 0 Å². The molecule has 0 aromatic heterocycles. The SMILES string of the molecule is CCCCC/C=C\C/C=C\CCCCCCCC(=O)OC(COC(=O)CCCCCCC/C=C\CCCCCCCC)COC(=O)CCCCCCCCCCCCCCCCCCCCCCCCC. The molecule has 0 aromatic carbocycles. The predicted octanol–water partition coefficient (Wildman–Crippen LogP) is 21.2. The molecule has 6 heteroatoms. The van der Waals surface area contributed by atoms with E-state index in [0.29, 0.717) is 19.3 Å². The van der Waals surface area contributed by atoms with Crippen LogP contribution in [0, 0.1) is 0 Å². The average Bonchev–Trinajstić information content (AvgIpc) is 3.37. The van der Waals surface area contributed by atoms with Gasteiger partial charge in [0.2, 0.25) is 0 Å². The summed E-state index contributed by atoms with van der Waals surface area (Å²) in [6.07, 6.45) is 72.9. The lowest BCUT2D eigenvalue weighted by atomic mass is 10.0. The summed E-state index contributed by atoms with van der Waals surface area (Å²) < 4.78 is 16.9. The standard InChI is InChI=1S/C65H120O6/c1-4-7-10-13-16-19-22-25-28-29-30-31-32-33-34-35-38-40-43-46-49-52-55-58-64(67)70-61-62(71-65(68)59-56-53-50-47-44-41-37-27-24-21-18-15-12-9-6-3)60-69-63(66)57-54-51-48-45-42-39-36-26-23-20-17-14-11-8-5-2/h18,21,26-27,36-37,62H,4-17,19-20,22-25,28-35,38-61H2,1-3H3/b21-18-,36-26-,37-27-. The van der Waals surface area contributed by atoms with Crippen LogP contribution in [-0.2, 0) is 28.6 Å². The molecule has 0 saturated carbocycles. The van der Waals surface area contributed by atoms with Gasteiger partial charge < -0.3 is 14.2 Å². The first kappa shape index (κ1) is 68.6. The van der Waals surface area contributed by atoms with Crippen LogP contribution in [0.2, 0.25) is 0 Å². The molecule has 0 aliphatic rings. The zero-order valence-corrected chi connectivity index (χ0v) is 47.8. The van der Waals surface area contributed by atoms with E-state index in [4.69, 9.17) is 14.2 Å².